The van der Waals surface area contributed by atoms with E-state index in [0.29, 0.717) is 17.8 Å². The second-order valence-electron chi connectivity index (χ2n) is 10.4. The van der Waals surface area contributed by atoms with Crippen LogP contribution in [0.2, 0.25) is 0 Å². The summed E-state index contributed by atoms with van der Waals surface area (Å²) < 4.78 is 5.81. The lowest BCUT2D eigenvalue weighted by molar-refractivity contribution is 0.188. The van der Waals surface area contributed by atoms with Crippen LogP contribution in [0.3, 0.4) is 0 Å². The van der Waals surface area contributed by atoms with Crippen LogP contribution in [0.1, 0.15) is 115 Å². The van der Waals surface area contributed by atoms with Gasteiger partial charge in [0.15, 0.2) is 0 Å². The quantitative estimate of drug-likeness (QED) is 0.333. The maximum atomic E-state index is 9.89. The number of nitrogens with zero attached hydrogens (tertiary/aromatic N) is 1. The number of hydrogen-bond acceptors (Lipinski definition) is 2. The molecule has 0 N–H and O–H groups in total. The largest absolute Gasteiger partial charge is 0.494 e. The molecular weight excluding hydrogens is 378 g/mol. The van der Waals surface area contributed by atoms with Gasteiger partial charge in [0.2, 0.25) is 0 Å². The smallest absolute Gasteiger partial charge is 0.119 e. The van der Waals surface area contributed by atoms with Crippen LogP contribution < -0.4 is 4.74 Å². The van der Waals surface area contributed by atoms with Crippen molar-refractivity contribution in [3.63, 3.8) is 0 Å². The van der Waals surface area contributed by atoms with Gasteiger partial charge >= 0.3 is 0 Å². The van der Waals surface area contributed by atoms with Crippen molar-refractivity contribution in [2.75, 3.05) is 6.61 Å². The minimum absolute atomic E-state index is 0.299. The Bertz CT molecular complexity index is 644. The molecule has 2 heteroatoms. The van der Waals surface area contributed by atoms with Crippen LogP contribution in [-0.4, -0.2) is 6.61 Å². The van der Waals surface area contributed by atoms with Gasteiger partial charge in [0.1, 0.15) is 5.75 Å². The summed E-state index contributed by atoms with van der Waals surface area (Å²) in [6.07, 6.45) is 18.1. The van der Waals surface area contributed by atoms with Gasteiger partial charge in [-0.05, 0) is 92.7 Å². The summed E-state index contributed by atoms with van der Waals surface area (Å²) in [7, 11) is 0. The van der Waals surface area contributed by atoms with E-state index < -0.39 is 0 Å². The zero-order valence-corrected chi connectivity index (χ0v) is 20.2. The van der Waals surface area contributed by atoms with Crippen LogP contribution >= 0.6 is 0 Å². The molecule has 0 heterocycles. The van der Waals surface area contributed by atoms with Crippen LogP contribution in [0.15, 0.2) is 24.3 Å². The predicted octanol–water partition coefficient (Wildman–Crippen LogP) is 8.67. The first-order chi connectivity index (χ1) is 15.2. The number of benzene rings is 1. The minimum atomic E-state index is 0.299. The van der Waals surface area contributed by atoms with Gasteiger partial charge in [0.25, 0.3) is 0 Å². The fraction of sp³-hybridized carbons (Fsp3) is 0.759. The van der Waals surface area contributed by atoms with E-state index in [4.69, 9.17) is 4.74 Å². The molecule has 1 aromatic carbocycles. The topological polar surface area (TPSA) is 33.0 Å². The second-order valence-corrected chi connectivity index (χ2v) is 10.4. The molecule has 172 valence electrons. The molecular formula is C29H45NO. The predicted molar refractivity (Wildman–Crippen MR) is 130 cm³/mol. The maximum absolute atomic E-state index is 9.89. The van der Waals surface area contributed by atoms with Crippen LogP contribution in [0.25, 0.3) is 0 Å². The van der Waals surface area contributed by atoms with Crippen molar-refractivity contribution < 1.29 is 4.74 Å². The van der Waals surface area contributed by atoms with E-state index in [0.717, 1.165) is 37.0 Å². The molecule has 3 rings (SSSR count). The van der Waals surface area contributed by atoms with Gasteiger partial charge in [-0.15, -0.1) is 0 Å². The molecule has 2 aliphatic rings. The summed E-state index contributed by atoms with van der Waals surface area (Å²) in [6, 6.07) is 11.6. The van der Waals surface area contributed by atoms with Crippen molar-refractivity contribution in [3.8, 4) is 11.8 Å². The zero-order valence-electron chi connectivity index (χ0n) is 20.2. The van der Waals surface area contributed by atoms with E-state index in [1.165, 1.54) is 82.6 Å². The molecule has 0 aromatic heterocycles. The summed E-state index contributed by atoms with van der Waals surface area (Å²) >= 11 is 0. The molecule has 1 unspecified atom stereocenters. The first kappa shape index (κ1) is 24.2. The van der Waals surface area contributed by atoms with Gasteiger partial charge < -0.3 is 4.74 Å². The summed E-state index contributed by atoms with van der Waals surface area (Å²) in [5, 5.41) is 9.89. The van der Waals surface area contributed by atoms with Gasteiger partial charge in [0.05, 0.1) is 12.7 Å². The van der Waals surface area contributed by atoms with Gasteiger partial charge in [-0.25, -0.2) is 0 Å². The third kappa shape index (κ3) is 7.55. The molecule has 2 aliphatic carbocycles. The fourth-order valence-corrected chi connectivity index (χ4v) is 5.98. The monoisotopic (exact) mass is 423 g/mol. The number of rotatable bonds is 11. The average molecular weight is 424 g/mol. The molecule has 1 atom stereocenters. The van der Waals surface area contributed by atoms with Crippen LogP contribution in [0, 0.1) is 35.0 Å². The molecule has 0 bridgehead atoms. The lowest BCUT2D eigenvalue weighted by atomic mass is 9.70. The minimum Gasteiger partial charge on any atom is -0.494 e. The van der Waals surface area contributed by atoms with Crippen molar-refractivity contribution in [3.05, 3.63) is 29.8 Å². The first-order valence-electron chi connectivity index (χ1n) is 13.4. The molecule has 1 aromatic rings. The molecule has 0 spiro atoms. The van der Waals surface area contributed by atoms with Gasteiger partial charge in [-0.1, -0.05) is 64.5 Å². The Labute approximate surface area is 191 Å². The Morgan fingerprint density at radius 3 is 2.13 bits per heavy atom. The Morgan fingerprint density at radius 1 is 0.871 bits per heavy atom. The SMILES string of the molecule is CCCCOc1ccc(C2CCC(CC(C#N)C3CCC(CCCC)CC3)CC2)cc1. The molecule has 2 nitrogen and oxygen atoms in total. The van der Waals surface area contributed by atoms with E-state index in [2.05, 4.69) is 44.2 Å². The normalized spacial score (nSPS) is 27.4. The molecule has 0 saturated heterocycles. The lowest BCUT2D eigenvalue weighted by Crippen LogP contribution is -2.24. The van der Waals surface area contributed by atoms with Crippen molar-refractivity contribution in [2.45, 2.75) is 110 Å². The number of ether oxygens (including phenoxy) is 1. The van der Waals surface area contributed by atoms with E-state index in [9.17, 15) is 5.26 Å². The van der Waals surface area contributed by atoms with Crippen LogP contribution in [0.4, 0.5) is 0 Å². The molecule has 0 amide bonds. The number of hydrogen-bond donors (Lipinski definition) is 0. The third-order valence-corrected chi connectivity index (χ3v) is 8.14. The molecule has 2 saturated carbocycles. The molecule has 31 heavy (non-hydrogen) atoms. The third-order valence-electron chi connectivity index (χ3n) is 8.14. The van der Waals surface area contributed by atoms with Crippen molar-refractivity contribution in [1.82, 2.24) is 0 Å². The van der Waals surface area contributed by atoms with Crippen LogP contribution in [-0.2, 0) is 0 Å². The Balaban J connectivity index is 1.40. The van der Waals surface area contributed by atoms with Crippen molar-refractivity contribution in [1.29, 1.82) is 5.26 Å². The highest BCUT2D eigenvalue weighted by molar-refractivity contribution is 5.29. The standard InChI is InChI=1S/C29H45NO/c1-3-5-7-23-8-12-27(13-9-23)28(22-30)21-24-10-14-25(15-11-24)26-16-18-29(19-17-26)31-20-6-4-2/h16-19,23-25,27-28H,3-15,20-21H2,1-2H3. The first-order valence-corrected chi connectivity index (χ1v) is 13.4. The summed E-state index contributed by atoms with van der Waals surface area (Å²) in [5.74, 6) is 4.36. The van der Waals surface area contributed by atoms with E-state index in [1.54, 1.807) is 0 Å². The number of unbranched alkanes of at least 4 members (excludes halogenated alkanes) is 2. The van der Waals surface area contributed by atoms with Crippen molar-refractivity contribution in [2.24, 2.45) is 23.7 Å². The second kappa shape index (κ2) is 13.1. The van der Waals surface area contributed by atoms with Gasteiger partial charge in [-0.2, -0.15) is 5.26 Å². The summed E-state index contributed by atoms with van der Waals surface area (Å²) in [5.41, 5.74) is 1.48. The van der Waals surface area contributed by atoms with E-state index >= 15 is 0 Å². The highest BCUT2D eigenvalue weighted by Crippen LogP contribution is 2.42. The Kier molecular flexibility index (Phi) is 10.2. The van der Waals surface area contributed by atoms with E-state index in [-0.39, 0.29) is 0 Å². The lowest BCUT2D eigenvalue weighted by Gasteiger charge is -2.34. The zero-order chi connectivity index (χ0) is 21.9. The number of nitriles is 1. The van der Waals surface area contributed by atoms with Gasteiger partial charge in [0, 0.05) is 5.92 Å². The Morgan fingerprint density at radius 2 is 1.52 bits per heavy atom. The highest BCUT2D eigenvalue weighted by Gasteiger charge is 2.31. The highest BCUT2D eigenvalue weighted by atomic mass is 16.5. The van der Waals surface area contributed by atoms with Crippen LogP contribution in [0.5, 0.6) is 5.75 Å². The molecule has 0 aliphatic heterocycles. The Hall–Kier alpha value is -1.49. The van der Waals surface area contributed by atoms with Crippen molar-refractivity contribution >= 4 is 0 Å². The fourth-order valence-electron chi connectivity index (χ4n) is 5.98. The van der Waals surface area contributed by atoms with Gasteiger partial charge in [-0.3, -0.25) is 0 Å². The summed E-state index contributed by atoms with van der Waals surface area (Å²) in [6.45, 7) is 5.31. The average Bonchev–Trinajstić information content (AvgIpc) is 2.83. The van der Waals surface area contributed by atoms with E-state index in [1.807, 2.05) is 0 Å². The molecule has 0 radical (unpaired) electrons. The molecule has 2 fully saturated rings. The summed E-state index contributed by atoms with van der Waals surface area (Å²) in [4.78, 5) is 0. The maximum Gasteiger partial charge on any atom is 0.119 e.